The highest BCUT2D eigenvalue weighted by molar-refractivity contribution is 5.26. The van der Waals surface area contributed by atoms with Crippen molar-refractivity contribution in [1.82, 2.24) is 9.80 Å². The van der Waals surface area contributed by atoms with Crippen LogP contribution in [-0.4, -0.2) is 48.6 Å². The second-order valence-corrected chi connectivity index (χ2v) is 6.63. The lowest BCUT2D eigenvalue weighted by molar-refractivity contribution is 0.122. The van der Waals surface area contributed by atoms with E-state index in [1.54, 1.807) is 0 Å². The number of rotatable bonds is 4. The van der Waals surface area contributed by atoms with Gasteiger partial charge in [0, 0.05) is 25.2 Å². The Morgan fingerprint density at radius 2 is 2.10 bits per heavy atom. The largest absolute Gasteiger partial charge is 0.326 e. The van der Waals surface area contributed by atoms with E-state index in [1.165, 1.54) is 24.1 Å². The predicted molar refractivity (Wildman–Crippen MR) is 90.5 cm³/mol. The molecule has 2 rings (SSSR count). The van der Waals surface area contributed by atoms with E-state index in [4.69, 9.17) is 5.73 Å². The zero-order valence-electron chi connectivity index (χ0n) is 14.0. The van der Waals surface area contributed by atoms with Crippen molar-refractivity contribution in [3.05, 3.63) is 35.4 Å². The molecule has 1 aliphatic heterocycles. The molecule has 0 spiro atoms. The second kappa shape index (κ2) is 7.39. The highest BCUT2D eigenvalue weighted by Crippen LogP contribution is 2.29. The lowest BCUT2D eigenvalue weighted by Gasteiger charge is -2.39. The van der Waals surface area contributed by atoms with E-state index < -0.39 is 0 Å². The smallest absolute Gasteiger partial charge is 0.0502 e. The maximum atomic E-state index is 6.52. The Morgan fingerprint density at radius 1 is 1.33 bits per heavy atom. The van der Waals surface area contributed by atoms with Crippen LogP contribution in [0.15, 0.2) is 24.3 Å². The molecule has 0 bridgehead atoms. The molecule has 3 unspecified atom stereocenters. The van der Waals surface area contributed by atoms with Gasteiger partial charge in [-0.25, -0.2) is 0 Å². The quantitative estimate of drug-likeness (QED) is 0.925. The first-order chi connectivity index (χ1) is 10.0. The molecule has 118 valence electrons. The SMILES string of the molecule is CCC(N)C(c1cccc(C)c1)N1CCCN(C)CC1C. The summed E-state index contributed by atoms with van der Waals surface area (Å²) in [5, 5.41) is 0. The van der Waals surface area contributed by atoms with E-state index in [9.17, 15) is 0 Å². The maximum Gasteiger partial charge on any atom is 0.0502 e. The normalized spacial score (nSPS) is 24.5. The standard InChI is InChI=1S/C18H31N3/c1-5-17(19)18(16-9-6-8-14(2)12-16)21-11-7-10-20(4)13-15(21)3/h6,8-9,12,15,17-18H,5,7,10-11,13,19H2,1-4H3. The molecule has 1 aliphatic rings. The van der Waals surface area contributed by atoms with Gasteiger partial charge in [0.2, 0.25) is 0 Å². The van der Waals surface area contributed by atoms with Crippen LogP contribution in [0.3, 0.4) is 0 Å². The molecular formula is C18H31N3. The van der Waals surface area contributed by atoms with Gasteiger partial charge in [-0.05, 0) is 45.8 Å². The van der Waals surface area contributed by atoms with Crippen molar-refractivity contribution in [2.24, 2.45) is 5.73 Å². The fourth-order valence-corrected chi connectivity index (χ4v) is 3.57. The first kappa shape index (κ1) is 16.5. The van der Waals surface area contributed by atoms with Crippen LogP contribution in [-0.2, 0) is 0 Å². The predicted octanol–water partition coefficient (Wildman–Crippen LogP) is 2.80. The van der Waals surface area contributed by atoms with Gasteiger partial charge in [0.05, 0.1) is 6.04 Å². The second-order valence-electron chi connectivity index (χ2n) is 6.63. The van der Waals surface area contributed by atoms with Gasteiger partial charge in [0.25, 0.3) is 0 Å². The van der Waals surface area contributed by atoms with Crippen LogP contribution in [0.2, 0.25) is 0 Å². The molecule has 1 aromatic rings. The number of nitrogens with zero attached hydrogens (tertiary/aromatic N) is 2. The van der Waals surface area contributed by atoms with Gasteiger partial charge in [0.1, 0.15) is 0 Å². The Bertz CT molecular complexity index is 446. The summed E-state index contributed by atoms with van der Waals surface area (Å²) in [5.41, 5.74) is 9.22. The van der Waals surface area contributed by atoms with Crippen LogP contribution >= 0.6 is 0 Å². The van der Waals surface area contributed by atoms with Crippen LogP contribution in [0.25, 0.3) is 0 Å². The van der Waals surface area contributed by atoms with Crippen LogP contribution in [0.4, 0.5) is 0 Å². The van der Waals surface area contributed by atoms with E-state index in [0.29, 0.717) is 12.1 Å². The van der Waals surface area contributed by atoms with Gasteiger partial charge in [0.15, 0.2) is 0 Å². The van der Waals surface area contributed by atoms with Crippen molar-refractivity contribution in [1.29, 1.82) is 0 Å². The van der Waals surface area contributed by atoms with Gasteiger partial charge in [-0.2, -0.15) is 0 Å². The van der Waals surface area contributed by atoms with E-state index in [-0.39, 0.29) is 6.04 Å². The molecule has 0 radical (unpaired) electrons. The number of likely N-dealkylation sites (N-methyl/N-ethyl adjacent to an activating group) is 1. The third-order valence-corrected chi connectivity index (χ3v) is 4.72. The Hall–Kier alpha value is -0.900. The minimum atomic E-state index is 0.192. The fourth-order valence-electron chi connectivity index (χ4n) is 3.57. The van der Waals surface area contributed by atoms with E-state index in [2.05, 4.69) is 61.9 Å². The average molecular weight is 289 g/mol. The average Bonchev–Trinajstić information content (AvgIpc) is 2.60. The highest BCUT2D eigenvalue weighted by atomic mass is 15.3. The molecule has 1 saturated heterocycles. The fraction of sp³-hybridized carbons (Fsp3) is 0.667. The summed E-state index contributed by atoms with van der Waals surface area (Å²) in [6, 6.07) is 9.94. The highest BCUT2D eigenvalue weighted by Gasteiger charge is 2.31. The van der Waals surface area contributed by atoms with Crippen LogP contribution in [0.1, 0.15) is 43.9 Å². The first-order valence-corrected chi connectivity index (χ1v) is 8.29. The summed E-state index contributed by atoms with van der Waals surface area (Å²) in [5.74, 6) is 0. The monoisotopic (exact) mass is 289 g/mol. The number of hydrogen-bond donors (Lipinski definition) is 1. The van der Waals surface area contributed by atoms with Crippen molar-refractivity contribution in [2.75, 3.05) is 26.7 Å². The minimum absolute atomic E-state index is 0.192. The topological polar surface area (TPSA) is 32.5 Å². The molecule has 21 heavy (non-hydrogen) atoms. The Morgan fingerprint density at radius 3 is 2.76 bits per heavy atom. The third kappa shape index (κ3) is 4.06. The Kier molecular flexibility index (Phi) is 5.80. The molecule has 0 aromatic heterocycles. The van der Waals surface area contributed by atoms with Crippen molar-refractivity contribution in [3.8, 4) is 0 Å². The molecule has 0 aliphatic carbocycles. The molecule has 1 aromatic carbocycles. The van der Waals surface area contributed by atoms with Gasteiger partial charge in [-0.15, -0.1) is 0 Å². The molecule has 2 N–H and O–H groups in total. The van der Waals surface area contributed by atoms with Gasteiger partial charge in [-0.1, -0.05) is 36.8 Å². The van der Waals surface area contributed by atoms with Gasteiger partial charge in [-0.3, -0.25) is 4.90 Å². The maximum absolute atomic E-state index is 6.52. The van der Waals surface area contributed by atoms with Crippen molar-refractivity contribution in [3.63, 3.8) is 0 Å². The number of benzene rings is 1. The molecule has 0 saturated carbocycles. The molecule has 3 nitrogen and oxygen atoms in total. The first-order valence-electron chi connectivity index (χ1n) is 8.29. The van der Waals surface area contributed by atoms with E-state index in [1.807, 2.05) is 0 Å². The van der Waals surface area contributed by atoms with E-state index >= 15 is 0 Å². The summed E-state index contributed by atoms with van der Waals surface area (Å²) in [6.07, 6.45) is 2.23. The van der Waals surface area contributed by atoms with Gasteiger partial charge < -0.3 is 10.6 Å². The summed E-state index contributed by atoms with van der Waals surface area (Å²) >= 11 is 0. The number of hydrogen-bond acceptors (Lipinski definition) is 3. The Labute approximate surface area is 130 Å². The minimum Gasteiger partial charge on any atom is -0.326 e. The molecule has 1 heterocycles. The molecule has 3 heteroatoms. The molecular weight excluding hydrogens is 258 g/mol. The van der Waals surface area contributed by atoms with Crippen LogP contribution < -0.4 is 5.73 Å². The number of aryl methyl sites for hydroxylation is 1. The zero-order valence-corrected chi connectivity index (χ0v) is 14.0. The summed E-state index contributed by atoms with van der Waals surface area (Å²) in [7, 11) is 2.22. The summed E-state index contributed by atoms with van der Waals surface area (Å²) in [4.78, 5) is 5.07. The zero-order chi connectivity index (χ0) is 15.4. The van der Waals surface area contributed by atoms with Gasteiger partial charge >= 0.3 is 0 Å². The van der Waals surface area contributed by atoms with Crippen molar-refractivity contribution >= 4 is 0 Å². The van der Waals surface area contributed by atoms with E-state index in [0.717, 1.165) is 19.5 Å². The lowest BCUT2D eigenvalue weighted by Crippen LogP contribution is -2.47. The third-order valence-electron chi connectivity index (χ3n) is 4.72. The van der Waals surface area contributed by atoms with Crippen LogP contribution in [0, 0.1) is 6.92 Å². The molecule has 3 atom stereocenters. The molecule has 0 amide bonds. The summed E-state index contributed by atoms with van der Waals surface area (Å²) < 4.78 is 0. The number of nitrogens with two attached hydrogens (primary N) is 1. The summed E-state index contributed by atoms with van der Waals surface area (Å²) in [6.45, 7) is 10.1. The molecule has 1 fully saturated rings. The Balaban J connectivity index is 2.31. The lowest BCUT2D eigenvalue weighted by atomic mass is 9.94. The van der Waals surface area contributed by atoms with Crippen LogP contribution in [0.5, 0.6) is 0 Å². The van der Waals surface area contributed by atoms with Crippen molar-refractivity contribution < 1.29 is 0 Å². The van der Waals surface area contributed by atoms with Crippen molar-refractivity contribution in [2.45, 2.75) is 51.7 Å².